The second kappa shape index (κ2) is 7.00. The van der Waals surface area contributed by atoms with Crippen molar-refractivity contribution in [3.05, 3.63) is 29.6 Å². The normalized spacial score (nSPS) is 17.2. The highest BCUT2D eigenvalue weighted by Gasteiger charge is 2.23. The Kier molecular flexibility index (Phi) is 5.31. The first kappa shape index (κ1) is 15.9. The van der Waals surface area contributed by atoms with Gasteiger partial charge in [-0.1, -0.05) is 0 Å². The molecule has 1 aliphatic heterocycles. The third kappa shape index (κ3) is 4.02. The standard InChI is InChI=1S/C16H23FN2O2/c1-18-8-6-13(7-9-18)19(2)11-15(20)14-10-12(17)4-5-16(14)21-3/h4-5,10,13H,6-9,11H2,1-3H3. The lowest BCUT2D eigenvalue weighted by atomic mass is 10.0. The number of benzene rings is 1. The molecule has 1 fully saturated rings. The maximum Gasteiger partial charge on any atom is 0.180 e. The number of halogens is 1. The molecule has 0 N–H and O–H groups in total. The maximum atomic E-state index is 13.4. The van der Waals surface area contributed by atoms with Crippen molar-refractivity contribution in [1.82, 2.24) is 9.80 Å². The smallest absolute Gasteiger partial charge is 0.180 e. The first-order valence-electron chi connectivity index (χ1n) is 7.26. The number of carbonyl (C=O) groups is 1. The lowest BCUT2D eigenvalue weighted by molar-refractivity contribution is 0.0868. The second-order valence-electron chi connectivity index (χ2n) is 5.72. The minimum Gasteiger partial charge on any atom is -0.496 e. The van der Waals surface area contributed by atoms with Crippen LogP contribution in [0.5, 0.6) is 5.75 Å². The minimum atomic E-state index is -0.416. The summed E-state index contributed by atoms with van der Waals surface area (Å²) in [6.07, 6.45) is 2.11. The Morgan fingerprint density at radius 2 is 2.10 bits per heavy atom. The van der Waals surface area contributed by atoms with Crippen LogP contribution in [0.4, 0.5) is 4.39 Å². The summed E-state index contributed by atoms with van der Waals surface area (Å²) >= 11 is 0. The first-order chi connectivity index (χ1) is 10.0. The highest BCUT2D eigenvalue weighted by atomic mass is 19.1. The molecular weight excluding hydrogens is 271 g/mol. The first-order valence-corrected chi connectivity index (χ1v) is 7.26. The van der Waals surface area contributed by atoms with E-state index in [0.29, 0.717) is 17.4 Å². The molecule has 1 aromatic carbocycles. The van der Waals surface area contributed by atoms with E-state index < -0.39 is 5.82 Å². The zero-order valence-corrected chi connectivity index (χ0v) is 12.9. The SMILES string of the molecule is COc1ccc(F)cc1C(=O)CN(C)C1CCN(C)CC1. The molecule has 4 nitrogen and oxygen atoms in total. The van der Waals surface area contributed by atoms with Gasteiger partial charge >= 0.3 is 0 Å². The summed E-state index contributed by atoms with van der Waals surface area (Å²) in [5.74, 6) is -0.0907. The molecule has 1 saturated heterocycles. The van der Waals surface area contributed by atoms with Gasteiger partial charge in [-0.2, -0.15) is 0 Å². The van der Waals surface area contributed by atoms with Crippen LogP contribution in [0.25, 0.3) is 0 Å². The molecule has 1 aromatic rings. The van der Waals surface area contributed by atoms with Crippen LogP contribution in [0, 0.1) is 5.82 Å². The van der Waals surface area contributed by atoms with E-state index in [9.17, 15) is 9.18 Å². The molecule has 0 atom stereocenters. The molecule has 0 amide bonds. The van der Waals surface area contributed by atoms with Gasteiger partial charge in [0, 0.05) is 6.04 Å². The average Bonchev–Trinajstić information content (AvgIpc) is 2.47. The molecule has 0 radical (unpaired) electrons. The Hall–Kier alpha value is -1.46. The van der Waals surface area contributed by atoms with E-state index in [1.807, 2.05) is 7.05 Å². The number of ether oxygens (including phenoxy) is 1. The van der Waals surface area contributed by atoms with E-state index in [0.717, 1.165) is 25.9 Å². The number of likely N-dealkylation sites (N-methyl/N-ethyl adjacent to an activating group) is 1. The Bertz CT molecular complexity index is 499. The molecule has 1 aliphatic rings. The average molecular weight is 294 g/mol. The molecule has 0 bridgehead atoms. The van der Waals surface area contributed by atoms with E-state index in [1.54, 1.807) is 0 Å². The molecule has 0 saturated carbocycles. The number of carbonyl (C=O) groups excluding carboxylic acids is 1. The van der Waals surface area contributed by atoms with Crippen LogP contribution in [0.15, 0.2) is 18.2 Å². The van der Waals surface area contributed by atoms with Gasteiger partial charge in [-0.25, -0.2) is 4.39 Å². The fourth-order valence-electron chi connectivity index (χ4n) is 2.77. The van der Waals surface area contributed by atoms with Gasteiger partial charge < -0.3 is 9.64 Å². The van der Waals surface area contributed by atoms with Crippen LogP contribution in [0.1, 0.15) is 23.2 Å². The van der Waals surface area contributed by atoms with Crippen molar-refractivity contribution < 1.29 is 13.9 Å². The summed E-state index contributed by atoms with van der Waals surface area (Å²) in [6, 6.07) is 4.46. The number of nitrogens with zero attached hydrogens (tertiary/aromatic N) is 2. The Labute approximate surface area is 125 Å². The molecule has 1 heterocycles. The van der Waals surface area contributed by atoms with Crippen molar-refractivity contribution in [3.8, 4) is 5.75 Å². The number of Topliss-reactive ketones (excluding diaryl/α,β-unsaturated/α-hetero) is 1. The van der Waals surface area contributed by atoms with Gasteiger partial charge in [0.25, 0.3) is 0 Å². The minimum absolute atomic E-state index is 0.104. The quantitative estimate of drug-likeness (QED) is 0.778. The highest BCUT2D eigenvalue weighted by molar-refractivity contribution is 6.00. The van der Waals surface area contributed by atoms with Crippen LogP contribution in [-0.2, 0) is 0 Å². The van der Waals surface area contributed by atoms with E-state index in [2.05, 4.69) is 16.8 Å². The Morgan fingerprint density at radius 3 is 2.71 bits per heavy atom. The summed E-state index contributed by atoms with van der Waals surface area (Å²) in [5, 5.41) is 0. The van der Waals surface area contributed by atoms with Crippen LogP contribution < -0.4 is 4.74 Å². The van der Waals surface area contributed by atoms with Gasteiger partial charge in [-0.05, 0) is 58.2 Å². The molecule has 2 rings (SSSR count). The molecular formula is C16H23FN2O2. The summed E-state index contributed by atoms with van der Waals surface area (Å²) < 4.78 is 18.5. The summed E-state index contributed by atoms with van der Waals surface area (Å²) in [4.78, 5) is 16.8. The number of hydrogen-bond acceptors (Lipinski definition) is 4. The van der Waals surface area contributed by atoms with Gasteiger partial charge in [0.1, 0.15) is 11.6 Å². The predicted molar refractivity (Wildman–Crippen MR) is 80.4 cm³/mol. The molecule has 0 unspecified atom stereocenters. The van der Waals surface area contributed by atoms with Crippen molar-refractivity contribution in [1.29, 1.82) is 0 Å². The van der Waals surface area contributed by atoms with Gasteiger partial charge in [-0.15, -0.1) is 0 Å². The highest BCUT2D eigenvalue weighted by Crippen LogP contribution is 2.21. The molecule has 5 heteroatoms. The van der Waals surface area contributed by atoms with Gasteiger partial charge in [0.2, 0.25) is 0 Å². The molecule has 21 heavy (non-hydrogen) atoms. The van der Waals surface area contributed by atoms with E-state index in [1.165, 1.54) is 25.3 Å². The second-order valence-corrected chi connectivity index (χ2v) is 5.72. The maximum absolute atomic E-state index is 13.4. The Balaban J connectivity index is 2.02. The van der Waals surface area contributed by atoms with E-state index >= 15 is 0 Å². The van der Waals surface area contributed by atoms with E-state index in [-0.39, 0.29) is 12.3 Å². The van der Waals surface area contributed by atoms with Crippen molar-refractivity contribution in [3.63, 3.8) is 0 Å². The zero-order valence-electron chi connectivity index (χ0n) is 12.9. The molecule has 0 aliphatic carbocycles. The number of rotatable bonds is 5. The lowest BCUT2D eigenvalue weighted by Crippen LogP contribution is -2.43. The fourth-order valence-corrected chi connectivity index (χ4v) is 2.77. The summed E-state index contributed by atoms with van der Waals surface area (Å²) in [6.45, 7) is 2.38. The zero-order chi connectivity index (χ0) is 15.4. The summed E-state index contributed by atoms with van der Waals surface area (Å²) in [7, 11) is 5.56. The van der Waals surface area contributed by atoms with Gasteiger partial charge in [0.15, 0.2) is 5.78 Å². The molecule has 0 spiro atoms. The van der Waals surface area contributed by atoms with Crippen molar-refractivity contribution in [2.24, 2.45) is 0 Å². The van der Waals surface area contributed by atoms with Crippen LogP contribution in [-0.4, -0.2) is 62.5 Å². The van der Waals surface area contributed by atoms with Crippen molar-refractivity contribution in [2.45, 2.75) is 18.9 Å². The number of likely N-dealkylation sites (tertiary alicyclic amines) is 1. The number of methoxy groups -OCH3 is 1. The van der Waals surface area contributed by atoms with Crippen LogP contribution in [0.3, 0.4) is 0 Å². The monoisotopic (exact) mass is 294 g/mol. The van der Waals surface area contributed by atoms with Crippen molar-refractivity contribution >= 4 is 5.78 Å². The number of ketones is 1. The van der Waals surface area contributed by atoms with Crippen molar-refractivity contribution in [2.75, 3.05) is 40.8 Å². The molecule has 116 valence electrons. The van der Waals surface area contributed by atoms with Crippen LogP contribution >= 0.6 is 0 Å². The predicted octanol–water partition coefficient (Wildman–Crippen LogP) is 2.04. The third-order valence-electron chi connectivity index (χ3n) is 4.17. The third-order valence-corrected chi connectivity index (χ3v) is 4.17. The fraction of sp³-hybridized carbons (Fsp3) is 0.562. The number of piperidine rings is 1. The van der Waals surface area contributed by atoms with Gasteiger partial charge in [-0.3, -0.25) is 9.69 Å². The lowest BCUT2D eigenvalue weighted by Gasteiger charge is -2.34. The topological polar surface area (TPSA) is 32.8 Å². The van der Waals surface area contributed by atoms with Gasteiger partial charge in [0.05, 0.1) is 19.2 Å². The summed E-state index contributed by atoms with van der Waals surface area (Å²) in [5.41, 5.74) is 0.317. The van der Waals surface area contributed by atoms with Crippen LogP contribution in [0.2, 0.25) is 0 Å². The Morgan fingerprint density at radius 1 is 1.43 bits per heavy atom. The molecule has 0 aromatic heterocycles. The largest absolute Gasteiger partial charge is 0.496 e. The number of hydrogen-bond donors (Lipinski definition) is 0. The van der Waals surface area contributed by atoms with E-state index in [4.69, 9.17) is 4.74 Å².